The molecule has 0 radical (unpaired) electrons. The van der Waals surface area contributed by atoms with Crippen LogP contribution in [0.2, 0.25) is 0 Å². The van der Waals surface area contributed by atoms with Crippen LogP contribution in [0.4, 0.5) is 0 Å². The van der Waals surface area contributed by atoms with E-state index in [0.717, 1.165) is 11.5 Å². The van der Waals surface area contributed by atoms with Crippen molar-refractivity contribution in [2.24, 2.45) is 0 Å². The van der Waals surface area contributed by atoms with Crippen molar-refractivity contribution in [1.82, 2.24) is 10.2 Å². The van der Waals surface area contributed by atoms with Gasteiger partial charge < -0.3 is 14.6 Å². The molecule has 1 heterocycles. The molecule has 0 aliphatic carbocycles. The van der Waals surface area contributed by atoms with Crippen LogP contribution in [0.5, 0.6) is 11.5 Å². The molecule has 128 valence electrons. The number of ether oxygens (including phenoxy) is 2. The lowest BCUT2D eigenvalue weighted by molar-refractivity contribution is 0.0177. The molecule has 1 unspecified atom stereocenters. The van der Waals surface area contributed by atoms with Crippen molar-refractivity contribution in [2.75, 3.05) is 27.8 Å². The number of methoxy groups -OCH3 is 2. The fourth-order valence-corrected chi connectivity index (χ4v) is 1.92. The molecule has 1 saturated heterocycles. The smallest absolute Gasteiger partial charge is 0.160 e. The largest absolute Gasteiger partial charge is 0.493 e. The lowest BCUT2D eigenvalue weighted by Gasteiger charge is -2.28. The Balaban J connectivity index is 0.000000366. The zero-order valence-corrected chi connectivity index (χ0v) is 15.2. The highest BCUT2D eigenvalue weighted by Gasteiger charge is 2.34. The molecular weight excluding hydrogens is 280 g/mol. The summed E-state index contributed by atoms with van der Waals surface area (Å²) in [4.78, 5) is 1.91. The summed E-state index contributed by atoms with van der Waals surface area (Å²) >= 11 is 0. The number of rotatable bonds is 2. The zero-order valence-electron chi connectivity index (χ0n) is 15.2. The normalized spacial score (nSPS) is 19.4. The number of likely N-dealkylation sites (N-methyl/N-ethyl adjacent to an activating group) is 1. The van der Waals surface area contributed by atoms with Gasteiger partial charge >= 0.3 is 0 Å². The molecule has 2 N–H and O–H groups in total. The molecular formula is C17H32N2O3. The molecule has 1 fully saturated rings. The summed E-state index contributed by atoms with van der Waals surface area (Å²) in [5.41, 5.74) is 1.13. The van der Waals surface area contributed by atoms with Gasteiger partial charge in [0.2, 0.25) is 0 Å². The fraction of sp³-hybridized carbons (Fsp3) is 0.647. The summed E-state index contributed by atoms with van der Waals surface area (Å²) < 4.78 is 10.2. The first kappa shape index (κ1) is 20.7. The van der Waals surface area contributed by atoms with E-state index in [1.54, 1.807) is 14.2 Å². The van der Waals surface area contributed by atoms with Gasteiger partial charge in [-0.3, -0.25) is 10.2 Å². The summed E-state index contributed by atoms with van der Waals surface area (Å²) in [6.07, 6.45) is -0.319. The minimum Gasteiger partial charge on any atom is -0.493 e. The van der Waals surface area contributed by atoms with Crippen molar-refractivity contribution < 1.29 is 14.6 Å². The van der Waals surface area contributed by atoms with E-state index in [-0.39, 0.29) is 11.9 Å². The molecule has 0 spiro atoms. The van der Waals surface area contributed by atoms with Crippen molar-refractivity contribution in [3.8, 4) is 11.5 Å². The highest BCUT2D eigenvalue weighted by molar-refractivity contribution is 5.42. The van der Waals surface area contributed by atoms with Crippen LogP contribution in [0, 0.1) is 6.92 Å². The Labute approximate surface area is 135 Å². The Morgan fingerprint density at radius 1 is 1.18 bits per heavy atom. The van der Waals surface area contributed by atoms with Crippen molar-refractivity contribution in [2.45, 2.75) is 46.5 Å². The Morgan fingerprint density at radius 2 is 1.73 bits per heavy atom. The number of aliphatic hydroxyl groups excluding tert-OH is 1. The summed E-state index contributed by atoms with van der Waals surface area (Å²) in [5.74, 6) is 1.56. The second kappa shape index (κ2) is 9.66. The summed E-state index contributed by atoms with van der Waals surface area (Å²) in [5, 5.41) is 12.4. The van der Waals surface area contributed by atoms with E-state index in [1.165, 1.54) is 5.56 Å². The number of aliphatic hydroxyl groups is 1. The van der Waals surface area contributed by atoms with E-state index >= 15 is 0 Å². The van der Waals surface area contributed by atoms with E-state index in [0.29, 0.717) is 6.54 Å². The molecule has 0 saturated carbocycles. The van der Waals surface area contributed by atoms with Gasteiger partial charge in [0.05, 0.1) is 19.9 Å². The van der Waals surface area contributed by atoms with E-state index in [2.05, 4.69) is 5.32 Å². The molecule has 5 nitrogen and oxygen atoms in total. The molecule has 1 aliphatic heterocycles. The van der Waals surface area contributed by atoms with Crippen LogP contribution >= 0.6 is 0 Å². The first-order valence-electron chi connectivity index (χ1n) is 7.66. The zero-order chi connectivity index (χ0) is 17.3. The van der Waals surface area contributed by atoms with Gasteiger partial charge in [-0.15, -0.1) is 0 Å². The van der Waals surface area contributed by atoms with Gasteiger partial charge in [0.1, 0.15) is 6.23 Å². The Hall–Kier alpha value is -1.30. The average Bonchev–Trinajstić information content (AvgIpc) is 2.76. The lowest BCUT2D eigenvalue weighted by Crippen LogP contribution is -2.45. The molecule has 1 atom stereocenters. The number of hydrogen-bond donors (Lipinski definition) is 2. The van der Waals surface area contributed by atoms with Crippen molar-refractivity contribution in [3.05, 3.63) is 23.8 Å². The number of benzene rings is 1. The van der Waals surface area contributed by atoms with Crippen LogP contribution in [0.1, 0.15) is 33.3 Å². The third-order valence-corrected chi connectivity index (χ3v) is 3.59. The van der Waals surface area contributed by atoms with Crippen LogP contribution < -0.4 is 14.8 Å². The second-order valence-corrected chi connectivity index (χ2v) is 5.39. The minimum atomic E-state index is -0.319. The Bertz CT molecular complexity index is 436. The standard InChI is InChI=1S/C9H12O2.C6H14N2O.C2H6/c1-7-4-5-8(10-2)9(6-7)11-3;1-6(2)7-4-5(9)8(6)3;1-2/h4-6H,1-3H3;5,7,9H,4H2,1-3H3;1-2H3. The van der Waals surface area contributed by atoms with Crippen LogP contribution in [-0.4, -0.2) is 49.7 Å². The maximum absolute atomic E-state index is 9.20. The fourth-order valence-electron chi connectivity index (χ4n) is 1.92. The van der Waals surface area contributed by atoms with Gasteiger partial charge in [-0.2, -0.15) is 0 Å². The highest BCUT2D eigenvalue weighted by Crippen LogP contribution is 2.26. The summed E-state index contributed by atoms with van der Waals surface area (Å²) in [6.45, 7) is 10.8. The van der Waals surface area contributed by atoms with Gasteiger partial charge in [-0.05, 0) is 45.5 Å². The van der Waals surface area contributed by atoms with E-state index in [9.17, 15) is 5.11 Å². The van der Waals surface area contributed by atoms with E-state index in [1.807, 2.05) is 64.8 Å². The number of nitrogens with zero attached hydrogens (tertiary/aromatic N) is 1. The predicted octanol–water partition coefficient (Wildman–Crippen LogP) is 2.61. The quantitative estimate of drug-likeness (QED) is 0.879. The lowest BCUT2D eigenvalue weighted by atomic mass is 10.2. The molecule has 1 aliphatic rings. The molecule has 2 rings (SSSR count). The van der Waals surface area contributed by atoms with Crippen molar-refractivity contribution in [3.63, 3.8) is 0 Å². The first-order chi connectivity index (χ1) is 10.3. The SMILES string of the molecule is CC.CN1C(O)CNC1(C)C.COc1ccc(C)cc1OC. The minimum absolute atomic E-state index is 0.0422. The number of nitrogens with one attached hydrogen (secondary N) is 1. The van der Waals surface area contributed by atoms with E-state index in [4.69, 9.17) is 9.47 Å². The average molecular weight is 312 g/mol. The van der Waals surface area contributed by atoms with Gasteiger partial charge in [0.25, 0.3) is 0 Å². The Morgan fingerprint density at radius 3 is 2.05 bits per heavy atom. The molecule has 22 heavy (non-hydrogen) atoms. The van der Waals surface area contributed by atoms with Gasteiger partial charge in [0.15, 0.2) is 11.5 Å². The molecule has 1 aromatic rings. The van der Waals surface area contributed by atoms with Crippen LogP contribution in [0.15, 0.2) is 18.2 Å². The molecule has 5 heteroatoms. The molecule has 0 aromatic heterocycles. The molecule has 1 aromatic carbocycles. The van der Waals surface area contributed by atoms with Crippen LogP contribution in [0.3, 0.4) is 0 Å². The van der Waals surface area contributed by atoms with Gasteiger partial charge in [-0.25, -0.2) is 0 Å². The number of aryl methyl sites for hydroxylation is 1. The topological polar surface area (TPSA) is 54.0 Å². The van der Waals surface area contributed by atoms with Crippen molar-refractivity contribution >= 4 is 0 Å². The Kier molecular flexibility index (Phi) is 9.09. The number of hydrogen-bond acceptors (Lipinski definition) is 5. The molecule has 0 bridgehead atoms. The van der Waals surface area contributed by atoms with Gasteiger partial charge in [-0.1, -0.05) is 19.9 Å². The third-order valence-electron chi connectivity index (χ3n) is 3.59. The van der Waals surface area contributed by atoms with Crippen LogP contribution in [0.25, 0.3) is 0 Å². The monoisotopic (exact) mass is 312 g/mol. The highest BCUT2D eigenvalue weighted by atomic mass is 16.5. The third kappa shape index (κ3) is 5.83. The van der Waals surface area contributed by atoms with Crippen molar-refractivity contribution in [1.29, 1.82) is 0 Å². The van der Waals surface area contributed by atoms with Gasteiger partial charge in [0, 0.05) is 6.54 Å². The predicted molar refractivity (Wildman–Crippen MR) is 91.5 cm³/mol. The van der Waals surface area contributed by atoms with Crippen LogP contribution in [-0.2, 0) is 0 Å². The summed E-state index contributed by atoms with van der Waals surface area (Å²) in [6, 6.07) is 5.83. The second-order valence-electron chi connectivity index (χ2n) is 5.39. The van der Waals surface area contributed by atoms with E-state index < -0.39 is 0 Å². The maximum Gasteiger partial charge on any atom is 0.160 e. The first-order valence-corrected chi connectivity index (χ1v) is 7.66. The summed E-state index contributed by atoms with van der Waals surface area (Å²) in [7, 11) is 5.18. The number of β-amino-alcohol motifs (C(OH)–C–C–N with tert-alkyl or cyclic N) is 1. The molecule has 0 amide bonds. The maximum atomic E-state index is 9.20.